The van der Waals surface area contributed by atoms with Crippen molar-refractivity contribution in [3.05, 3.63) is 29.4 Å². The number of unbranched alkanes of at least 4 members (excludes halogenated alkanes) is 5. The number of hydrogen-bond acceptors (Lipinski definition) is 0. The van der Waals surface area contributed by atoms with Gasteiger partial charge >= 0.3 is 155 Å². The third-order valence-corrected chi connectivity index (χ3v) is 19.5. The van der Waals surface area contributed by atoms with Gasteiger partial charge in [0.25, 0.3) is 0 Å². The maximum absolute atomic E-state index is 4.29. The van der Waals surface area contributed by atoms with Crippen LogP contribution in [0, 0.1) is 0 Å². The Morgan fingerprint density at radius 3 is 2.04 bits per heavy atom. The summed E-state index contributed by atoms with van der Waals surface area (Å²) in [5, 5.41) is 0. The van der Waals surface area contributed by atoms with Crippen molar-refractivity contribution in [2.75, 3.05) is 0 Å². The van der Waals surface area contributed by atoms with E-state index in [1.54, 1.807) is 13.3 Å². The number of halogens is 1. The van der Waals surface area contributed by atoms with Crippen LogP contribution in [0.4, 0.5) is 0 Å². The molecule has 0 aliphatic carbocycles. The summed E-state index contributed by atoms with van der Waals surface area (Å²) in [7, 11) is 0. The van der Waals surface area contributed by atoms with Crippen LogP contribution in [0.25, 0.3) is 0 Å². The fourth-order valence-corrected chi connectivity index (χ4v) is 16.3. The Morgan fingerprint density at radius 2 is 1.52 bits per heavy atom. The van der Waals surface area contributed by atoms with Crippen molar-refractivity contribution in [2.45, 2.75) is 98.5 Å². The molecule has 0 fully saturated rings. The molecular formula is C21H41BrN2Sn. The molecule has 25 heavy (non-hydrogen) atoms. The van der Waals surface area contributed by atoms with Gasteiger partial charge in [0, 0.05) is 0 Å². The van der Waals surface area contributed by atoms with Crippen LogP contribution in [0.5, 0.6) is 0 Å². The summed E-state index contributed by atoms with van der Waals surface area (Å²) >= 11 is -2.00. The molecule has 0 atom stereocenters. The van der Waals surface area contributed by atoms with Gasteiger partial charge in [0.05, 0.1) is 0 Å². The second kappa shape index (κ2) is 15.3. The normalized spacial score (nSPS) is 11.3. The predicted molar refractivity (Wildman–Crippen MR) is 109 cm³/mol. The maximum atomic E-state index is 4.29. The third kappa shape index (κ3) is 10.2. The van der Waals surface area contributed by atoms with Crippen LogP contribution in [0.3, 0.4) is 0 Å². The zero-order chi connectivity index (χ0) is 17.7. The molecule has 0 aliphatic heterocycles. The Labute approximate surface area is 171 Å². The largest absolute Gasteiger partial charge is 1.00 e. The number of aromatic nitrogens is 2. The number of hydrogen-bond donors (Lipinski definition) is 0. The van der Waals surface area contributed by atoms with Crippen LogP contribution >= 0.6 is 0 Å². The van der Waals surface area contributed by atoms with Gasteiger partial charge in [-0.2, -0.15) is 0 Å². The summed E-state index contributed by atoms with van der Waals surface area (Å²) in [4.78, 5) is 0. The van der Waals surface area contributed by atoms with E-state index in [9.17, 15) is 0 Å². The topological polar surface area (TPSA) is 8.81 Å². The standard InChI is InChI=1S/C11H20N2.2C4H9.C2H3.BrH.Sn/c1-3-5-6-7-8-13-10-9-12(4-2)11-13;2*1-3-4-2;1-2;;/h9-11H,1,3-8H2,2H3;2*1,3-4H2,2H3;1H,2H2;1H;/q+1;;;;;/p-1. The first kappa shape index (κ1) is 25.2. The van der Waals surface area contributed by atoms with E-state index in [0.29, 0.717) is 0 Å². The first-order valence-electron chi connectivity index (χ1n) is 10.4. The number of nitrogens with zero attached hydrogens (tertiary/aromatic N) is 2. The zero-order valence-electron chi connectivity index (χ0n) is 17.0. The molecule has 0 bridgehead atoms. The monoisotopic (exact) mass is 520 g/mol. The smallest absolute Gasteiger partial charge is 1.00 e. The van der Waals surface area contributed by atoms with Gasteiger partial charge in [-0.15, -0.1) is 0 Å². The molecule has 0 N–H and O–H groups in total. The van der Waals surface area contributed by atoms with Gasteiger partial charge in [-0.1, -0.05) is 0 Å². The summed E-state index contributed by atoms with van der Waals surface area (Å²) in [5.41, 5.74) is 0. The van der Waals surface area contributed by atoms with Gasteiger partial charge in [-0.3, -0.25) is 0 Å². The molecule has 2 nitrogen and oxygen atoms in total. The Hall–Kier alpha value is 0.229. The van der Waals surface area contributed by atoms with Crippen molar-refractivity contribution in [3.63, 3.8) is 0 Å². The van der Waals surface area contributed by atoms with Gasteiger partial charge in [-0.05, 0) is 0 Å². The molecule has 4 heteroatoms. The van der Waals surface area contributed by atoms with E-state index in [2.05, 4.69) is 59.3 Å². The minimum absolute atomic E-state index is 0. The van der Waals surface area contributed by atoms with Crippen molar-refractivity contribution in [1.82, 2.24) is 4.57 Å². The van der Waals surface area contributed by atoms with Crippen LogP contribution in [0.2, 0.25) is 13.3 Å². The second-order valence-corrected chi connectivity index (χ2v) is 20.6. The molecule has 0 radical (unpaired) electrons. The number of rotatable bonds is 15. The van der Waals surface area contributed by atoms with Crippen LogP contribution in [-0.2, 0) is 13.1 Å². The fraction of sp³-hybridized carbons (Fsp3) is 0.762. The summed E-state index contributed by atoms with van der Waals surface area (Å²) in [6.07, 6.45) is 17.8. The minimum atomic E-state index is -2.00. The molecule has 1 rings (SSSR count). The minimum Gasteiger partial charge on any atom is -1.00 e. The molecule has 0 unspecified atom stereocenters. The number of aryl methyl sites for hydroxylation is 2. The third-order valence-electron chi connectivity index (χ3n) is 5.44. The Morgan fingerprint density at radius 1 is 0.920 bits per heavy atom. The van der Waals surface area contributed by atoms with E-state index in [0.717, 1.165) is 6.54 Å². The second-order valence-electron chi connectivity index (χ2n) is 7.42. The maximum Gasteiger partial charge on any atom is -1.00 e. The van der Waals surface area contributed by atoms with E-state index in [1.165, 1.54) is 57.9 Å². The molecule has 146 valence electrons. The van der Waals surface area contributed by atoms with Crippen LogP contribution in [0.1, 0.15) is 72.1 Å². The average Bonchev–Trinajstić information content (AvgIpc) is 3.08. The van der Waals surface area contributed by atoms with Gasteiger partial charge in [0.1, 0.15) is 0 Å². The summed E-state index contributed by atoms with van der Waals surface area (Å²) in [5.74, 6) is 0. The predicted octanol–water partition coefficient (Wildman–Crippen LogP) is 3.13. The van der Waals surface area contributed by atoms with Gasteiger partial charge in [0.15, 0.2) is 0 Å². The van der Waals surface area contributed by atoms with E-state index < -0.39 is 18.4 Å². The molecule has 1 aromatic rings. The van der Waals surface area contributed by atoms with E-state index in [-0.39, 0.29) is 17.0 Å². The fourth-order valence-electron chi connectivity index (χ4n) is 3.62. The molecule has 0 amide bonds. The van der Waals surface area contributed by atoms with Crippen LogP contribution in [0.15, 0.2) is 29.4 Å². The molecule has 1 heterocycles. The first-order chi connectivity index (χ1) is 11.7. The molecule has 0 saturated heterocycles. The number of imidazole rings is 1. The van der Waals surface area contributed by atoms with Crippen molar-refractivity contribution in [3.8, 4) is 0 Å². The molecule has 1 aromatic heterocycles. The quantitative estimate of drug-likeness (QED) is 0.191. The van der Waals surface area contributed by atoms with E-state index >= 15 is 0 Å². The molecule has 0 spiro atoms. The Balaban J connectivity index is 0.00000576. The summed E-state index contributed by atoms with van der Waals surface area (Å²) in [6.45, 7) is 13.4. The van der Waals surface area contributed by atoms with Crippen molar-refractivity contribution >= 4 is 18.4 Å². The molecule has 0 aliphatic rings. The van der Waals surface area contributed by atoms with Crippen molar-refractivity contribution in [2.24, 2.45) is 0 Å². The zero-order valence-corrected chi connectivity index (χ0v) is 21.4. The van der Waals surface area contributed by atoms with Crippen molar-refractivity contribution in [1.29, 1.82) is 0 Å². The Bertz CT molecular complexity index is 437. The van der Waals surface area contributed by atoms with Gasteiger partial charge < -0.3 is 17.0 Å². The van der Waals surface area contributed by atoms with Crippen LogP contribution in [-0.4, -0.2) is 22.9 Å². The van der Waals surface area contributed by atoms with Crippen molar-refractivity contribution < 1.29 is 21.5 Å². The van der Waals surface area contributed by atoms with Crippen LogP contribution < -0.4 is 21.5 Å². The van der Waals surface area contributed by atoms with Gasteiger partial charge in [0.2, 0.25) is 0 Å². The summed E-state index contributed by atoms with van der Waals surface area (Å²) in [6, 6.07) is 0. The molecule has 0 aromatic carbocycles. The summed E-state index contributed by atoms with van der Waals surface area (Å²) < 4.78 is 11.7. The van der Waals surface area contributed by atoms with E-state index in [4.69, 9.17) is 0 Å². The Kier molecular flexibility index (Phi) is 15.4. The molecular weight excluding hydrogens is 479 g/mol. The SMILES string of the molecule is C=[CH][Sn]([CH2]CCC)([CH2]CCC)[CH2]CCCCC[n+]1ccn(CC)c1.[Br-]. The van der Waals surface area contributed by atoms with Gasteiger partial charge in [-0.25, -0.2) is 0 Å². The first-order valence-corrected chi connectivity index (χ1v) is 18.1. The van der Waals surface area contributed by atoms with E-state index in [1.807, 2.05) is 0 Å². The molecule has 0 saturated carbocycles. The average molecular weight is 520 g/mol.